The Morgan fingerprint density at radius 1 is 1.36 bits per heavy atom. The Balaban J connectivity index is 3.07. The molecule has 0 aliphatic rings. The van der Waals surface area contributed by atoms with Gasteiger partial charge in [0.05, 0.1) is 0 Å². The summed E-state index contributed by atoms with van der Waals surface area (Å²) in [6.45, 7) is 1.95. The third kappa shape index (κ3) is 2.49. The van der Waals surface area contributed by atoms with E-state index < -0.39 is 0 Å². The molecule has 14 heavy (non-hydrogen) atoms. The maximum absolute atomic E-state index is 11.6. The second kappa shape index (κ2) is 5.38. The van der Waals surface area contributed by atoms with E-state index in [9.17, 15) is 4.79 Å². The van der Waals surface area contributed by atoms with Gasteiger partial charge in [0.1, 0.15) is 0 Å². The van der Waals surface area contributed by atoms with Gasteiger partial charge in [0.2, 0.25) is 0 Å². The Hall–Kier alpha value is -0.530. The van der Waals surface area contributed by atoms with E-state index in [1.54, 1.807) is 6.07 Å². The number of benzene rings is 1. The second-order valence-corrected chi connectivity index (χ2v) is 3.74. The van der Waals surface area contributed by atoms with Crippen molar-refractivity contribution in [1.29, 1.82) is 0 Å². The monoisotopic (exact) mass is 230 g/mol. The number of hydrogen-bond acceptors (Lipinski definition) is 1. The van der Waals surface area contributed by atoms with Crippen LogP contribution in [0.1, 0.15) is 27.9 Å². The fourth-order valence-electron chi connectivity index (χ4n) is 1.36. The van der Waals surface area contributed by atoms with Gasteiger partial charge in [-0.1, -0.05) is 18.2 Å². The quantitative estimate of drug-likeness (QED) is 0.572. The van der Waals surface area contributed by atoms with Crippen molar-refractivity contribution in [3.63, 3.8) is 0 Å². The second-order valence-electron chi connectivity index (χ2n) is 3.10. The van der Waals surface area contributed by atoms with Gasteiger partial charge in [-0.25, -0.2) is 0 Å². The molecule has 0 amide bonds. The predicted octanol–water partition coefficient (Wildman–Crippen LogP) is 3.55. The summed E-state index contributed by atoms with van der Waals surface area (Å²) in [5.41, 5.74) is 2.69. The molecule has 0 fully saturated rings. The Morgan fingerprint density at radius 3 is 2.64 bits per heavy atom. The summed E-state index contributed by atoms with van der Waals surface area (Å²) in [5, 5.41) is 0. The van der Waals surface area contributed by atoms with Crippen LogP contribution in [0.15, 0.2) is 18.2 Å². The lowest BCUT2D eigenvalue weighted by Crippen LogP contribution is -2.04. The van der Waals surface area contributed by atoms with E-state index in [1.807, 2.05) is 19.1 Å². The average Bonchev–Trinajstić information content (AvgIpc) is 2.17. The molecule has 0 aromatic heterocycles. The van der Waals surface area contributed by atoms with E-state index in [2.05, 4.69) is 0 Å². The highest BCUT2D eigenvalue weighted by Crippen LogP contribution is 2.18. The minimum Gasteiger partial charge on any atom is -0.294 e. The van der Waals surface area contributed by atoms with Gasteiger partial charge >= 0.3 is 0 Å². The van der Waals surface area contributed by atoms with Crippen LogP contribution in [0, 0.1) is 6.92 Å². The van der Waals surface area contributed by atoms with Crippen molar-refractivity contribution in [3.05, 3.63) is 34.9 Å². The Morgan fingerprint density at radius 2 is 2.07 bits per heavy atom. The van der Waals surface area contributed by atoms with Crippen LogP contribution < -0.4 is 0 Å². The number of aryl methyl sites for hydroxylation is 1. The van der Waals surface area contributed by atoms with Crippen LogP contribution >= 0.6 is 23.2 Å². The number of halogens is 2. The highest BCUT2D eigenvalue weighted by atomic mass is 35.5. The number of carbonyl (C=O) groups is 1. The van der Waals surface area contributed by atoms with Crippen LogP contribution in [-0.4, -0.2) is 11.7 Å². The SMILES string of the molecule is Cc1cccc(C(=O)CCCl)c1CCl. The molecule has 76 valence electrons. The summed E-state index contributed by atoms with van der Waals surface area (Å²) >= 11 is 11.3. The summed E-state index contributed by atoms with van der Waals surface area (Å²) in [4.78, 5) is 11.6. The lowest BCUT2D eigenvalue weighted by atomic mass is 9.99. The van der Waals surface area contributed by atoms with E-state index in [-0.39, 0.29) is 5.78 Å². The standard InChI is InChI=1S/C11H12Cl2O/c1-8-3-2-4-9(10(8)7-13)11(14)5-6-12/h2-4H,5-7H2,1H3. The van der Waals surface area contributed by atoms with Crippen molar-refractivity contribution >= 4 is 29.0 Å². The molecule has 3 heteroatoms. The summed E-state index contributed by atoms with van der Waals surface area (Å²) in [6, 6.07) is 5.63. The van der Waals surface area contributed by atoms with Crippen molar-refractivity contribution in [3.8, 4) is 0 Å². The Bertz CT molecular complexity index is 334. The third-order valence-electron chi connectivity index (χ3n) is 2.17. The first-order chi connectivity index (χ1) is 6.70. The molecule has 0 aliphatic carbocycles. The first-order valence-electron chi connectivity index (χ1n) is 4.44. The zero-order valence-electron chi connectivity index (χ0n) is 8.02. The van der Waals surface area contributed by atoms with Gasteiger partial charge in [-0.3, -0.25) is 4.79 Å². The maximum Gasteiger partial charge on any atom is 0.164 e. The number of carbonyl (C=O) groups excluding carboxylic acids is 1. The zero-order valence-corrected chi connectivity index (χ0v) is 9.53. The van der Waals surface area contributed by atoms with Crippen molar-refractivity contribution in [1.82, 2.24) is 0 Å². The van der Waals surface area contributed by atoms with Gasteiger partial charge in [0.25, 0.3) is 0 Å². The molecule has 1 nitrogen and oxygen atoms in total. The zero-order chi connectivity index (χ0) is 10.6. The molecule has 0 atom stereocenters. The van der Waals surface area contributed by atoms with Crippen LogP contribution in [0.5, 0.6) is 0 Å². The minimum atomic E-state index is 0.0688. The molecule has 0 spiro atoms. The number of Topliss-reactive ketones (excluding diaryl/α,β-unsaturated/α-hetero) is 1. The van der Waals surface area contributed by atoms with E-state index in [1.165, 1.54) is 0 Å². The van der Waals surface area contributed by atoms with Gasteiger partial charge in [0.15, 0.2) is 5.78 Å². The maximum atomic E-state index is 11.6. The fraction of sp³-hybridized carbons (Fsp3) is 0.364. The normalized spacial score (nSPS) is 10.2. The van der Waals surface area contributed by atoms with Crippen LogP contribution in [0.2, 0.25) is 0 Å². The van der Waals surface area contributed by atoms with Crippen molar-refractivity contribution in [2.75, 3.05) is 5.88 Å². The van der Waals surface area contributed by atoms with Crippen LogP contribution in [0.4, 0.5) is 0 Å². The lowest BCUT2D eigenvalue weighted by molar-refractivity contribution is 0.0988. The molecule has 0 N–H and O–H groups in total. The molecule has 0 saturated heterocycles. The molecule has 1 rings (SSSR count). The molecule has 0 saturated carbocycles. The number of alkyl halides is 2. The van der Waals surface area contributed by atoms with Crippen LogP contribution in [0.25, 0.3) is 0 Å². The molecule has 0 radical (unpaired) electrons. The van der Waals surface area contributed by atoms with E-state index in [4.69, 9.17) is 23.2 Å². The molecule has 0 unspecified atom stereocenters. The van der Waals surface area contributed by atoms with Gasteiger partial charge in [-0.15, -0.1) is 23.2 Å². The van der Waals surface area contributed by atoms with Crippen molar-refractivity contribution in [2.45, 2.75) is 19.2 Å². The van der Waals surface area contributed by atoms with Gasteiger partial charge in [-0.05, 0) is 18.1 Å². The molecule has 0 heterocycles. The van der Waals surface area contributed by atoms with Crippen LogP contribution in [-0.2, 0) is 5.88 Å². The fourth-order valence-corrected chi connectivity index (χ4v) is 1.89. The number of rotatable bonds is 4. The molecular weight excluding hydrogens is 219 g/mol. The Labute approximate surface area is 94.0 Å². The van der Waals surface area contributed by atoms with E-state index >= 15 is 0 Å². The first kappa shape index (κ1) is 11.5. The van der Waals surface area contributed by atoms with Gasteiger partial charge in [-0.2, -0.15) is 0 Å². The summed E-state index contributed by atoms with van der Waals surface area (Å²) in [7, 11) is 0. The summed E-state index contributed by atoms with van der Waals surface area (Å²) in [5.74, 6) is 0.796. The summed E-state index contributed by atoms with van der Waals surface area (Å²) in [6.07, 6.45) is 0.370. The molecule has 1 aromatic carbocycles. The van der Waals surface area contributed by atoms with Crippen molar-refractivity contribution < 1.29 is 4.79 Å². The molecular formula is C11H12Cl2O. The van der Waals surface area contributed by atoms with Crippen LogP contribution in [0.3, 0.4) is 0 Å². The number of hydrogen-bond donors (Lipinski definition) is 0. The molecule has 0 aliphatic heterocycles. The third-order valence-corrected chi connectivity index (χ3v) is 2.62. The molecule has 1 aromatic rings. The largest absolute Gasteiger partial charge is 0.294 e. The minimum absolute atomic E-state index is 0.0688. The average molecular weight is 231 g/mol. The topological polar surface area (TPSA) is 17.1 Å². The lowest BCUT2D eigenvalue weighted by Gasteiger charge is -2.08. The summed E-state index contributed by atoms with van der Waals surface area (Å²) < 4.78 is 0. The highest BCUT2D eigenvalue weighted by molar-refractivity contribution is 6.20. The number of ketones is 1. The predicted molar refractivity (Wildman–Crippen MR) is 60.4 cm³/mol. The molecule has 0 bridgehead atoms. The first-order valence-corrected chi connectivity index (χ1v) is 5.51. The van der Waals surface area contributed by atoms with Gasteiger partial charge in [0, 0.05) is 23.7 Å². The van der Waals surface area contributed by atoms with Gasteiger partial charge < -0.3 is 0 Å². The van der Waals surface area contributed by atoms with E-state index in [0.717, 1.165) is 11.1 Å². The highest BCUT2D eigenvalue weighted by Gasteiger charge is 2.11. The van der Waals surface area contributed by atoms with E-state index in [0.29, 0.717) is 23.7 Å². The van der Waals surface area contributed by atoms with Crippen molar-refractivity contribution in [2.24, 2.45) is 0 Å². The Kier molecular flexibility index (Phi) is 4.43. The smallest absolute Gasteiger partial charge is 0.164 e.